The van der Waals surface area contributed by atoms with E-state index in [1.165, 1.54) is 0 Å². The van der Waals surface area contributed by atoms with Crippen molar-refractivity contribution < 1.29 is 17.2 Å². The van der Waals surface area contributed by atoms with Gasteiger partial charge in [0.1, 0.15) is 0 Å². The lowest BCUT2D eigenvalue weighted by molar-refractivity contribution is 0.0663. The van der Waals surface area contributed by atoms with Crippen molar-refractivity contribution in [3.05, 3.63) is 0 Å². The van der Waals surface area contributed by atoms with Gasteiger partial charge in [0, 0.05) is 24.9 Å². The molecule has 1 saturated carbocycles. The molecule has 0 radical (unpaired) electrons. The summed E-state index contributed by atoms with van der Waals surface area (Å²) in [7, 11) is -3.26. The van der Waals surface area contributed by atoms with Gasteiger partial charge in [-0.2, -0.15) is 0 Å². The predicted octanol–water partition coefficient (Wildman–Crippen LogP) is 0.143. The van der Waals surface area contributed by atoms with E-state index in [1.54, 1.807) is 0 Å². The minimum Gasteiger partial charge on any atom is -0.213 e. The second-order valence-electron chi connectivity index (χ2n) is 3.47. The normalized spacial score (nSPS) is 39.6. The first-order chi connectivity index (χ1) is 5.33. The van der Waals surface area contributed by atoms with E-state index in [4.69, 9.17) is 0 Å². The Bertz CT molecular complexity index is 300. The van der Waals surface area contributed by atoms with E-state index in [9.17, 15) is 17.2 Å². The Morgan fingerprint density at radius 2 is 1.75 bits per heavy atom. The van der Waals surface area contributed by atoms with Crippen molar-refractivity contribution in [1.82, 2.24) is 4.31 Å². The maximum Gasteiger partial charge on any atom is 0.257 e. The minimum atomic E-state index is -3.26. The van der Waals surface area contributed by atoms with Gasteiger partial charge in [0.2, 0.25) is 10.0 Å². The van der Waals surface area contributed by atoms with Crippen LogP contribution in [0.15, 0.2) is 0 Å². The van der Waals surface area contributed by atoms with E-state index in [-0.39, 0.29) is 13.1 Å². The van der Waals surface area contributed by atoms with Gasteiger partial charge in [-0.15, -0.1) is 0 Å². The Labute approximate surface area is 69.4 Å². The Balaban J connectivity index is 2.08. The van der Waals surface area contributed by atoms with Crippen molar-refractivity contribution in [2.24, 2.45) is 11.8 Å². The van der Waals surface area contributed by atoms with Crippen molar-refractivity contribution in [3.8, 4) is 0 Å². The van der Waals surface area contributed by atoms with E-state index in [1.807, 2.05) is 0 Å². The molecular formula is C6H9F2NO2S. The highest BCUT2D eigenvalue weighted by molar-refractivity contribution is 7.88. The molecule has 1 heterocycles. The molecule has 0 aromatic carbocycles. The monoisotopic (exact) mass is 197 g/mol. The molecule has 0 bridgehead atoms. The standard InChI is InChI=1S/C6H9F2NO2S/c1-12(10,11)9-2-4-5(3-9)6(4,7)8/h4-5H,2-3H2,1H3. The maximum absolute atomic E-state index is 12.6. The van der Waals surface area contributed by atoms with Gasteiger partial charge in [0.05, 0.1) is 6.26 Å². The number of hydrogen-bond donors (Lipinski definition) is 0. The molecule has 70 valence electrons. The highest BCUT2D eigenvalue weighted by Gasteiger charge is 2.72. The number of alkyl halides is 2. The quantitative estimate of drug-likeness (QED) is 0.599. The third-order valence-corrected chi connectivity index (χ3v) is 3.87. The van der Waals surface area contributed by atoms with Crippen LogP contribution in [0.4, 0.5) is 8.78 Å². The predicted molar refractivity (Wildman–Crippen MR) is 38.3 cm³/mol. The first kappa shape index (κ1) is 8.37. The first-order valence-corrected chi connectivity index (χ1v) is 5.51. The van der Waals surface area contributed by atoms with Crippen molar-refractivity contribution >= 4 is 10.0 Å². The number of fused-ring (bicyclic) bond motifs is 1. The van der Waals surface area contributed by atoms with Crippen LogP contribution in [0.25, 0.3) is 0 Å². The average Bonchev–Trinajstić information content (AvgIpc) is 2.31. The molecule has 2 aliphatic rings. The van der Waals surface area contributed by atoms with Gasteiger partial charge < -0.3 is 0 Å². The highest BCUT2D eigenvalue weighted by Crippen LogP contribution is 2.59. The zero-order chi connectivity index (χ0) is 9.15. The Morgan fingerprint density at radius 1 is 1.33 bits per heavy atom. The van der Waals surface area contributed by atoms with Crippen LogP contribution >= 0.6 is 0 Å². The molecule has 6 heteroatoms. The molecule has 1 aliphatic carbocycles. The molecule has 3 nitrogen and oxygen atoms in total. The van der Waals surface area contributed by atoms with Crippen LogP contribution in [-0.4, -0.2) is 38.0 Å². The molecule has 0 N–H and O–H groups in total. The average molecular weight is 197 g/mol. The molecule has 2 unspecified atom stereocenters. The van der Waals surface area contributed by atoms with Crippen LogP contribution in [0.5, 0.6) is 0 Å². The zero-order valence-electron chi connectivity index (χ0n) is 6.50. The second-order valence-corrected chi connectivity index (χ2v) is 5.45. The number of piperidine rings is 1. The van der Waals surface area contributed by atoms with E-state index in [2.05, 4.69) is 0 Å². The molecule has 1 saturated heterocycles. The maximum atomic E-state index is 12.6. The Hall–Kier alpha value is -0.230. The van der Waals surface area contributed by atoms with Gasteiger partial charge in [-0.1, -0.05) is 0 Å². The van der Waals surface area contributed by atoms with Crippen LogP contribution in [0.1, 0.15) is 0 Å². The first-order valence-electron chi connectivity index (χ1n) is 3.66. The van der Waals surface area contributed by atoms with Gasteiger partial charge >= 0.3 is 0 Å². The van der Waals surface area contributed by atoms with Crippen molar-refractivity contribution in [2.75, 3.05) is 19.3 Å². The summed E-state index contributed by atoms with van der Waals surface area (Å²) in [5.41, 5.74) is 0. The Kier molecular flexibility index (Phi) is 1.38. The van der Waals surface area contributed by atoms with Crippen LogP contribution in [0.3, 0.4) is 0 Å². The van der Waals surface area contributed by atoms with E-state index in [0.717, 1.165) is 10.6 Å². The van der Waals surface area contributed by atoms with Crippen LogP contribution in [-0.2, 0) is 10.0 Å². The van der Waals surface area contributed by atoms with Gasteiger partial charge in [-0.25, -0.2) is 21.5 Å². The van der Waals surface area contributed by atoms with Gasteiger partial charge in [0.25, 0.3) is 5.92 Å². The van der Waals surface area contributed by atoms with Crippen molar-refractivity contribution in [2.45, 2.75) is 5.92 Å². The summed E-state index contributed by atoms with van der Waals surface area (Å²) >= 11 is 0. The molecule has 2 rings (SSSR count). The number of halogens is 2. The summed E-state index contributed by atoms with van der Waals surface area (Å²) in [4.78, 5) is 0. The minimum absolute atomic E-state index is 0.00347. The van der Waals surface area contributed by atoms with Crippen LogP contribution < -0.4 is 0 Å². The summed E-state index contributed by atoms with van der Waals surface area (Å²) < 4.78 is 48.1. The summed E-state index contributed by atoms with van der Waals surface area (Å²) in [6.07, 6.45) is 1.05. The van der Waals surface area contributed by atoms with Gasteiger partial charge in [0.15, 0.2) is 0 Å². The lowest BCUT2D eigenvalue weighted by Crippen LogP contribution is -2.32. The highest BCUT2D eigenvalue weighted by atomic mass is 32.2. The van der Waals surface area contributed by atoms with Crippen molar-refractivity contribution in [3.63, 3.8) is 0 Å². The molecule has 0 aromatic heterocycles. The summed E-state index contributed by atoms with van der Waals surface area (Å²) in [6, 6.07) is 0. The largest absolute Gasteiger partial charge is 0.257 e. The van der Waals surface area contributed by atoms with Crippen LogP contribution in [0, 0.1) is 11.8 Å². The lowest BCUT2D eigenvalue weighted by atomic mass is 10.4. The second kappa shape index (κ2) is 1.98. The van der Waals surface area contributed by atoms with E-state index < -0.39 is 27.8 Å². The van der Waals surface area contributed by atoms with Gasteiger partial charge in [-0.05, 0) is 0 Å². The van der Waals surface area contributed by atoms with Crippen LogP contribution in [0.2, 0.25) is 0 Å². The van der Waals surface area contributed by atoms with Crippen molar-refractivity contribution in [1.29, 1.82) is 0 Å². The number of hydrogen-bond acceptors (Lipinski definition) is 2. The molecular weight excluding hydrogens is 188 g/mol. The number of sulfonamides is 1. The van der Waals surface area contributed by atoms with Gasteiger partial charge in [-0.3, -0.25) is 0 Å². The molecule has 12 heavy (non-hydrogen) atoms. The van der Waals surface area contributed by atoms with E-state index in [0.29, 0.717) is 0 Å². The SMILES string of the molecule is CS(=O)(=O)N1CC2C(C1)C2(F)F. The number of nitrogens with zero attached hydrogens (tertiary/aromatic N) is 1. The lowest BCUT2D eigenvalue weighted by Gasteiger charge is -2.16. The Morgan fingerprint density at radius 3 is 2.08 bits per heavy atom. The molecule has 0 spiro atoms. The molecule has 2 fully saturated rings. The summed E-state index contributed by atoms with van der Waals surface area (Å²) in [6.45, 7) is -0.00694. The third-order valence-electron chi connectivity index (χ3n) is 2.64. The zero-order valence-corrected chi connectivity index (χ0v) is 7.31. The third kappa shape index (κ3) is 0.974. The fourth-order valence-electron chi connectivity index (χ4n) is 1.74. The van der Waals surface area contributed by atoms with E-state index >= 15 is 0 Å². The topological polar surface area (TPSA) is 37.4 Å². The number of rotatable bonds is 1. The molecule has 0 amide bonds. The molecule has 2 atom stereocenters. The summed E-state index contributed by atoms with van der Waals surface area (Å²) in [5.74, 6) is -4.03. The fraction of sp³-hybridized carbons (Fsp3) is 1.00. The summed E-state index contributed by atoms with van der Waals surface area (Å²) in [5, 5.41) is 0. The smallest absolute Gasteiger partial charge is 0.213 e. The molecule has 1 aliphatic heterocycles. The molecule has 0 aromatic rings. The fourth-order valence-corrected chi connectivity index (χ4v) is 2.61.